The smallest absolute Gasteiger partial charge is 0.408 e. The van der Waals surface area contributed by atoms with E-state index in [4.69, 9.17) is 14.2 Å². The van der Waals surface area contributed by atoms with E-state index in [1.54, 1.807) is 41.5 Å². The Morgan fingerprint density at radius 1 is 1.06 bits per heavy atom. The van der Waals surface area contributed by atoms with Crippen LogP contribution in [0.25, 0.3) is 0 Å². The Morgan fingerprint density at radius 3 is 2.23 bits per heavy atom. The Labute approximate surface area is 186 Å². The maximum absolute atomic E-state index is 13.3. The molecule has 0 spiro atoms. The van der Waals surface area contributed by atoms with E-state index in [0.717, 1.165) is 30.6 Å². The van der Waals surface area contributed by atoms with Gasteiger partial charge in [-0.25, -0.2) is 9.59 Å². The highest BCUT2D eigenvalue weighted by atomic mass is 16.6. The summed E-state index contributed by atoms with van der Waals surface area (Å²) in [5, 5.41) is 6.17. The molecule has 7 nitrogen and oxygen atoms in total. The van der Waals surface area contributed by atoms with Crippen LogP contribution in [0.3, 0.4) is 0 Å². The number of carbonyl (C=O) groups excluding carboxylic acids is 2. The van der Waals surface area contributed by atoms with Crippen LogP contribution >= 0.6 is 0 Å². The number of unbranched alkanes of at least 4 members (excludes halogenated alkanes) is 1. The molecule has 0 radical (unpaired) electrons. The third-order valence-electron chi connectivity index (χ3n) is 4.79. The summed E-state index contributed by atoms with van der Waals surface area (Å²) in [5.74, 6) is -0.529. The lowest BCUT2D eigenvalue weighted by Crippen LogP contribution is -2.59. The lowest BCUT2D eigenvalue weighted by molar-refractivity contribution is -0.166. The van der Waals surface area contributed by atoms with Gasteiger partial charge in [-0.2, -0.15) is 0 Å². The highest BCUT2D eigenvalue weighted by Crippen LogP contribution is 2.40. The van der Waals surface area contributed by atoms with Gasteiger partial charge in [0.15, 0.2) is 5.54 Å². The molecule has 1 fully saturated rings. The molecular weight excluding hydrogens is 396 g/mol. The minimum absolute atomic E-state index is 0.294. The van der Waals surface area contributed by atoms with Crippen molar-refractivity contribution < 1.29 is 23.8 Å². The molecule has 1 aromatic rings. The van der Waals surface area contributed by atoms with Gasteiger partial charge in [0.25, 0.3) is 0 Å². The van der Waals surface area contributed by atoms with Gasteiger partial charge in [-0.3, -0.25) is 0 Å². The van der Waals surface area contributed by atoms with Gasteiger partial charge in [0.2, 0.25) is 0 Å². The minimum Gasteiger partial charge on any atom is -0.458 e. The summed E-state index contributed by atoms with van der Waals surface area (Å²) in [6.07, 6.45) is 1.15. The summed E-state index contributed by atoms with van der Waals surface area (Å²) in [7, 11) is 0. The van der Waals surface area contributed by atoms with E-state index in [9.17, 15) is 9.59 Å². The van der Waals surface area contributed by atoms with Crippen LogP contribution in [0.2, 0.25) is 0 Å². The number of hydrogen-bond acceptors (Lipinski definition) is 6. The van der Waals surface area contributed by atoms with E-state index in [0.29, 0.717) is 13.0 Å². The second kappa shape index (κ2) is 9.90. The number of alkyl carbamates (subject to hydrolysis) is 1. The van der Waals surface area contributed by atoms with Gasteiger partial charge in [-0.05, 0) is 65.7 Å². The number of anilines is 1. The predicted octanol–water partition coefficient (Wildman–Crippen LogP) is 4.97. The molecule has 0 saturated carbocycles. The van der Waals surface area contributed by atoms with Crippen molar-refractivity contribution in [3.05, 3.63) is 29.8 Å². The molecule has 0 bridgehead atoms. The van der Waals surface area contributed by atoms with Crippen molar-refractivity contribution >= 4 is 17.7 Å². The second-order valence-electron chi connectivity index (χ2n) is 10.0. The third kappa shape index (κ3) is 7.13. The molecule has 1 aromatic carbocycles. The maximum Gasteiger partial charge on any atom is 0.408 e. The fourth-order valence-corrected chi connectivity index (χ4v) is 3.42. The molecule has 0 aliphatic carbocycles. The quantitative estimate of drug-likeness (QED) is 0.466. The summed E-state index contributed by atoms with van der Waals surface area (Å²) in [6, 6.07) is 7.75. The molecule has 174 valence electrons. The topological polar surface area (TPSA) is 85.9 Å². The Balaban J connectivity index is 2.32. The molecule has 7 heteroatoms. The van der Waals surface area contributed by atoms with E-state index in [1.807, 2.05) is 24.3 Å². The zero-order valence-electron chi connectivity index (χ0n) is 20.0. The predicted molar refractivity (Wildman–Crippen MR) is 121 cm³/mol. The van der Waals surface area contributed by atoms with Crippen molar-refractivity contribution in [2.24, 2.45) is 0 Å². The second-order valence-corrected chi connectivity index (χ2v) is 10.0. The van der Waals surface area contributed by atoms with Crippen LogP contribution < -0.4 is 10.6 Å². The molecule has 1 aliphatic rings. The molecule has 0 unspecified atom stereocenters. The van der Waals surface area contributed by atoms with Crippen molar-refractivity contribution in [1.29, 1.82) is 0 Å². The summed E-state index contributed by atoms with van der Waals surface area (Å²) < 4.78 is 17.1. The minimum atomic E-state index is -1.37. The van der Waals surface area contributed by atoms with Gasteiger partial charge in [0, 0.05) is 18.7 Å². The number of nitrogens with one attached hydrogen (secondary N) is 2. The Hall–Kier alpha value is -2.28. The first-order chi connectivity index (χ1) is 14.4. The standard InChI is InChI=1S/C24H38N2O5/c1-8-9-15-25-18-12-10-17(11-13-18)19-24(14-16-29-19,20(27)30-22(2,3)4)26-21(28)31-23(5,6)7/h10-13,19,25H,8-9,14-16H2,1-7H3,(H,26,28)/t19-,24+/m0/s1. The highest BCUT2D eigenvalue weighted by molar-refractivity contribution is 5.87. The lowest BCUT2D eigenvalue weighted by Gasteiger charge is -2.36. The largest absolute Gasteiger partial charge is 0.458 e. The van der Waals surface area contributed by atoms with Gasteiger partial charge in [-0.15, -0.1) is 0 Å². The van der Waals surface area contributed by atoms with Crippen LogP contribution in [0.15, 0.2) is 24.3 Å². The van der Waals surface area contributed by atoms with Crippen LogP contribution in [-0.2, 0) is 19.0 Å². The molecule has 1 amide bonds. The van der Waals surface area contributed by atoms with Crippen molar-refractivity contribution in [3.8, 4) is 0 Å². The van der Waals surface area contributed by atoms with Crippen LogP contribution in [0.4, 0.5) is 10.5 Å². The van der Waals surface area contributed by atoms with Crippen molar-refractivity contribution in [1.82, 2.24) is 5.32 Å². The summed E-state index contributed by atoms with van der Waals surface area (Å²) in [5.41, 5.74) is -0.981. The number of rotatable bonds is 7. The normalized spacial score (nSPS) is 21.5. The average molecular weight is 435 g/mol. The zero-order valence-corrected chi connectivity index (χ0v) is 20.0. The Morgan fingerprint density at radius 2 is 1.68 bits per heavy atom. The van der Waals surface area contributed by atoms with Gasteiger partial charge in [0.1, 0.15) is 17.3 Å². The molecule has 31 heavy (non-hydrogen) atoms. The molecule has 2 atom stereocenters. The summed E-state index contributed by atoms with van der Waals surface area (Å²) >= 11 is 0. The molecule has 0 aromatic heterocycles. The molecule has 2 N–H and O–H groups in total. The van der Waals surface area contributed by atoms with Crippen LogP contribution in [0.5, 0.6) is 0 Å². The van der Waals surface area contributed by atoms with Crippen molar-refractivity contribution in [2.45, 2.75) is 90.6 Å². The Bertz CT molecular complexity index is 749. The molecule has 1 saturated heterocycles. The van der Waals surface area contributed by atoms with E-state index in [2.05, 4.69) is 17.6 Å². The maximum atomic E-state index is 13.3. The average Bonchev–Trinajstić information content (AvgIpc) is 3.04. The van der Waals surface area contributed by atoms with Gasteiger partial charge >= 0.3 is 12.1 Å². The van der Waals surface area contributed by atoms with Crippen LogP contribution in [0.1, 0.15) is 79.4 Å². The SMILES string of the molecule is CCCCNc1ccc([C@@H]2OCC[C@]2(NC(=O)OC(C)(C)C)C(=O)OC(C)(C)C)cc1. The van der Waals surface area contributed by atoms with Gasteiger partial charge < -0.3 is 24.8 Å². The lowest BCUT2D eigenvalue weighted by atomic mass is 9.86. The highest BCUT2D eigenvalue weighted by Gasteiger charge is 2.55. The molecule has 1 aliphatic heterocycles. The number of carbonyl (C=O) groups is 2. The fourth-order valence-electron chi connectivity index (χ4n) is 3.42. The zero-order chi connectivity index (χ0) is 23.3. The summed E-state index contributed by atoms with van der Waals surface area (Å²) in [4.78, 5) is 26.0. The van der Waals surface area contributed by atoms with Gasteiger partial charge in [-0.1, -0.05) is 25.5 Å². The van der Waals surface area contributed by atoms with Gasteiger partial charge in [0.05, 0.1) is 6.61 Å². The Kier molecular flexibility index (Phi) is 7.98. The third-order valence-corrected chi connectivity index (χ3v) is 4.79. The number of esters is 1. The van der Waals surface area contributed by atoms with Crippen molar-refractivity contribution in [3.63, 3.8) is 0 Å². The van der Waals surface area contributed by atoms with E-state index < -0.39 is 34.9 Å². The van der Waals surface area contributed by atoms with Crippen LogP contribution in [-0.4, -0.2) is 42.0 Å². The monoisotopic (exact) mass is 434 g/mol. The fraction of sp³-hybridized carbons (Fsp3) is 0.667. The van der Waals surface area contributed by atoms with E-state index >= 15 is 0 Å². The molecule has 2 rings (SSSR count). The summed E-state index contributed by atoms with van der Waals surface area (Å²) in [6.45, 7) is 14.1. The first kappa shape index (κ1) is 25.0. The first-order valence-electron chi connectivity index (χ1n) is 11.1. The molecule has 1 heterocycles. The first-order valence-corrected chi connectivity index (χ1v) is 11.1. The number of hydrogen-bond donors (Lipinski definition) is 2. The van der Waals surface area contributed by atoms with Crippen molar-refractivity contribution in [2.75, 3.05) is 18.5 Å². The number of benzene rings is 1. The van der Waals surface area contributed by atoms with Crippen LogP contribution in [0, 0.1) is 0 Å². The number of ether oxygens (including phenoxy) is 3. The van der Waals surface area contributed by atoms with E-state index in [1.165, 1.54) is 0 Å². The molecular formula is C24H38N2O5. The number of amides is 1. The van der Waals surface area contributed by atoms with E-state index in [-0.39, 0.29) is 0 Å².